The average Bonchev–Trinajstić information content (AvgIpc) is 2.69. The molecule has 0 spiro atoms. The Bertz CT molecular complexity index is 671. The van der Waals surface area contributed by atoms with Crippen molar-refractivity contribution in [1.82, 2.24) is 9.97 Å². The second-order valence-electron chi connectivity index (χ2n) is 3.94. The minimum absolute atomic E-state index is 0.563. The Morgan fingerprint density at radius 2 is 1.76 bits per heavy atom. The van der Waals surface area contributed by atoms with E-state index in [1.165, 1.54) is 16.9 Å². The van der Waals surface area contributed by atoms with E-state index >= 15 is 0 Å². The minimum Gasteiger partial charge on any atom is -0.375 e. The molecule has 0 aliphatic heterocycles. The number of rotatable bonds is 1. The van der Waals surface area contributed by atoms with Gasteiger partial charge in [0, 0.05) is 5.56 Å². The van der Waals surface area contributed by atoms with Crippen LogP contribution in [-0.4, -0.2) is 9.97 Å². The van der Waals surface area contributed by atoms with Gasteiger partial charge in [-0.15, -0.1) is 0 Å². The van der Waals surface area contributed by atoms with E-state index in [0.717, 1.165) is 21.6 Å². The molecule has 3 rings (SSSR count). The van der Waals surface area contributed by atoms with Crippen LogP contribution < -0.4 is 5.73 Å². The maximum Gasteiger partial charge on any atom is 0.182 e. The number of nitrogens with zero attached hydrogens (tertiary/aromatic N) is 2. The van der Waals surface area contributed by atoms with Gasteiger partial charge in [0.05, 0.1) is 5.69 Å². The van der Waals surface area contributed by atoms with Crippen LogP contribution in [-0.2, 0) is 0 Å². The van der Waals surface area contributed by atoms with E-state index in [-0.39, 0.29) is 0 Å². The Balaban J connectivity index is 2.13. The highest BCUT2D eigenvalue weighted by atomic mass is 32.1. The quantitative estimate of drug-likeness (QED) is 0.711. The molecule has 4 heteroatoms. The van der Waals surface area contributed by atoms with Gasteiger partial charge in [-0.1, -0.05) is 41.2 Å². The van der Waals surface area contributed by atoms with E-state index < -0.39 is 0 Å². The molecule has 0 aliphatic carbocycles. The second kappa shape index (κ2) is 3.82. The number of fused-ring (bicyclic) bond motifs is 1. The maximum absolute atomic E-state index is 5.67. The lowest BCUT2D eigenvalue weighted by Crippen LogP contribution is -1.83. The summed E-state index contributed by atoms with van der Waals surface area (Å²) < 4.78 is 0. The third kappa shape index (κ3) is 1.87. The van der Waals surface area contributed by atoms with Crippen molar-refractivity contribution in [3.05, 3.63) is 42.0 Å². The third-order valence-corrected chi connectivity index (χ3v) is 3.41. The fourth-order valence-electron chi connectivity index (χ4n) is 1.72. The number of aromatic nitrogens is 2. The summed E-state index contributed by atoms with van der Waals surface area (Å²) in [4.78, 5) is 9.66. The molecule has 3 aromatic rings. The first kappa shape index (κ1) is 10.2. The molecule has 84 valence electrons. The molecule has 17 heavy (non-hydrogen) atoms. The molecular formula is C13H11N3S. The number of nitrogens with two attached hydrogens (primary N) is 1. The number of hydrogen-bond donors (Lipinski definition) is 1. The molecule has 0 unspecified atom stereocenters. The molecule has 0 amide bonds. The Labute approximate surface area is 103 Å². The van der Waals surface area contributed by atoms with E-state index in [9.17, 15) is 0 Å². The lowest BCUT2D eigenvalue weighted by atomic mass is 10.1. The van der Waals surface area contributed by atoms with Gasteiger partial charge in [-0.3, -0.25) is 0 Å². The topological polar surface area (TPSA) is 51.8 Å². The summed E-state index contributed by atoms with van der Waals surface area (Å²) in [5.41, 5.74) is 9.85. The van der Waals surface area contributed by atoms with Gasteiger partial charge in [0.1, 0.15) is 10.3 Å². The van der Waals surface area contributed by atoms with E-state index in [0.29, 0.717) is 5.13 Å². The lowest BCUT2D eigenvalue weighted by molar-refractivity contribution is 1.38. The van der Waals surface area contributed by atoms with Gasteiger partial charge in [0.25, 0.3) is 0 Å². The van der Waals surface area contributed by atoms with Crippen molar-refractivity contribution in [1.29, 1.82) is 0 Å². The summed E-state index contributed by atoms with van der Waals surface area (Å²) in [7, 11) is 0. The molecule has 2 aromatic heterocycles. The van der Waals surface area contributed by atoms with Crippen LogP contribution in [0.2, 0.25) is 0 Å². The highest BCUT2D eigenvalue weighted by Crippen LogP contribution is 2.25. The first-order valence-corrected chi connectivity index (χ1v) is 6.14. The predicted octanol–water partition coefficient (Wildman–Crippen LogP) is 3.25. The molecule has 1 aromatic carbocycles. The molecule has 2 N–H and O–H groups in total. The van der Waals surface area contributed by atoms with Crippen molar-refractivity contribution in [2.45, 2.75) is 6.92 Å². The third-order valence-electron chi connectivity index (χ3n) is 2.62. The summed E-state index contributed by atoms with van der Waals surface area (Å²) >= 11 is 1.42. The number of anilines is 1. The Hall–Kier alpha value is -1.94. The van der Waals surface area contributed by atoms with Crippen molar-refractivity contribution in [2.75, 3.05) is 5.73 Å². The lowest BCUT2D eigenvalue weighted by Gasteiger charge is -2.00. The fraction of sp³-hybridized carbons (Fsp3) is 0.0769. The van der Waals surface area contributed by atoms with Gasteiger partial charge in [0.2, 0.25) is 0 Å². The summed E-state index contributed by atoms with van der Waals surface area (Å²) in [5, 5.41) is 0.563. The largest absolute Gasteiger partial charge is 0.375 e. The predicted molar refractivity (Wildman–Crippen MR) is 72.0 cm³/mol. The highest BCUT2D eigenvalue weighted by molar-refractivity contribution is 7.21. The summed E-state index contributed by atoms with van der Waals surface area (Å²) in [6.07, 6.45) is 0. The average molecular weight is 241 g/mol. The van der Waals surface area contributed by atoms with Crippen LogP contribution in [0.25, 0.3) is 21.6 Å². The molecule has 0 atom stereocenters. The maximum atomic E-state index is 5.67. The standard InChI is InChI=1S/C13H11N3S/c1-8-2-4-9(5-3-8)10-6-7-11-12(15-10)17-13(14)16-11/h2-7H,1H3,(H2,14,16). The van der Waals surface area contributed by atoms with Crippen molar-refractivity contribution in [2.24, 2.45) is 0 Å². The SMILES string of the molecule is Cc1ccc(-c2ccc3nc(N)sc3n2)cc1. The number of pyridine rings is 1. The molecule has 3 nitrogen and oxygen atoms in total. The van der Waals surface area contributed by atoms with Crippen LogP contribution in [0, 0.1) is 6.92 Å². The summed E-state index contributed by atoms with van der Waals surface area (Å²) in [6, 6.07) is 12.3. The van der Waals surface area contributed by atoms with E-state index in [2.05, 4.69) is 41.2 Å². The van der Waals surface area contributed by atoms with Gasteiger partial charge in [-0.25, -0.2) is 9.97 Å². The van der Waals surface area contributed by atoms with Crippen LogP contribution in [0.4, 0.5) is 5.13 Å². The highest BCUT2D eigenvalue weighted by Gasteiger charge is 2.05. The van der Waals surface area contributed by atoms with E-state index in [4.69, 9.17) is 5.73 Å². The molecule has 0 radical (unpaired) electrons. The van der Waals surface area contributed by atoms with Crippen molar-refractivity contribution >= 4 is 26.8 Å². The second-order valence-corrected chi connectivity index (χ2v) is 4.95. The van der Waals surface area contributed by atoms with Crippen LogP contribution in [0.15, 0.2) is 36.4 Å². The zero-order valence-corrected chi connectivity index (χ0v) is 10.2. The Morgan fingerprint density at radius 1 is 1.00 bits per heavy atom. The first-order chi connectivity index (χ1) is 8.22. The number of aryl methyl sites for hydroxylation is 1. The van der Waals surface area contributed by atoms with Gasteiger partial charge in [-0.05, 0) is 19.1 Å². The number of benzene rings is 1. The number of thiazole rings is 1. The monoisotopic (exact) mass is 241 g/mol. The molecular weight excluding hydrogens is 230 g/mol. The van der Waals surface area contributed by atoms with E-state index in [1.807, 2.05) is 12.1 Å². The first-order valence-electron chi connectivity index (χ1n) is 5.32. The summed E-state index contributed by atoms with van der Waals surface area (Å²) in [5.74, 6) is 0. The van der Waals surface area contributed by atoms with Crippen molar-refractivity contribution in [3.63, 3.8) is 0 Å². The zero-order valence-electron chi connectivity index (χ0n) is 9.34. The van der Waals surface area contributed by atoms with Gasteiger partial charge < -0.3 is 5.73 Å². The van der Waals surface area contributed by atoms with Crippen LogP contribution in [0.5, 0.6) is 0 Å². The molecule has 0 saturated carbocycles. The van der Waals surface area contributed by atoms with Crippen molar-refractivity contribution < 1.29 is 0 Å². The molecule has 0 saturated heterocycles. The van der Waals surface area contributed by atoms with Crippen LogP contribution in [0.3, 0.4) is 0 Å². The molecule has 0 fully saturated rings. The molecule has 2 heterocycles. The van der Waals surface area contributed by atoms with Gasteiger partial charge in [-0.2, -0.15) is 0 Å². The minimum atomic E-state index is 0.563. The van der Waals surface area contributed by atoms with Gasteiger partial charge >= 0.3 is 0 Å². The van der Waals surface area contributed by atoms with Crippen molar-refractivity contribution in [3.8, 4) is 11.3 Å². The summed E-state index contributed by atoms with van der Waals surface area (Å²) in [6.45, 7) is 2.07. The molecule has 0 bridgehead atoms. The normalized spacial score (nSPS) is 10.9. The number of nitrogen functional groups attached to an aromatic ring is 1. The van der Waals surface area contributed by atoms with Gasteiger partial charge in [0.15, 0.2) is 5.13 Å². The number of hydrogen-bond acceptors (Lipinski definition) is 4. The van der Waals surface area contributed by atoms with Crippen LogP contribution >= 0.6 is 11.3 Å². The zero-order chi connectivity index (χ0) is 11.8. The van der Waals surface area contributed by atoms with E-state index in [1.54, 1.807) is 0 Å². The smallest absolute Gasteiger partial charge is 0.182 e. The fourth-order valence-corrected chi connectivity index (χ4v) is 2.42. The Kier molecular flexibility index (Phi) is 2.30. The Morgan fingerprint density at radius 3 is 2.53 bits per heavy atom. The van der Waals surface area contributed by atoms with Crippen LogP contribution in [0.1, 0.15) is 5.56 Å². The molecule has 0 aliphatic rings.